The number of nitrogens with zero attached hydrogens (tertiary/aromatic N) is 3. The molecule has 0 bridgehead atoms. The smallest absolute Gasteiger partial charge is 0.255 e. The third-order valence-electron chi connectivity index (χ3n) is 4.24. The molecule has 1 fully saturated rings. The molecule has 3 aromatic rings. The second kappa shape index (κ2) is 7.26. The molecule has 1 aliphatic rings. The van der Waals surface area contributed by atoms with E-state index in [0.29, 0.717) is 5.56 Å². The number of morpholine rings is 1. The Labute approximate surface area is 149 Å². The monoisotopic (exact) mass is 354 g/mol. The van der Waals surface area contributed by atoms with Gasteiger partial charge in [-0.3, -0.25) is 9.69 Å². The van der Waals surface area contributed by atoms with Crippen LogP contribution in [0, 0.1) is 0 Å². The van der Waals surface area contributed by atoms with Crippen molar-refractivity contribution < 1.29 is 9.53 Å². The third kappa shape index (κ3) is 3.84. The van der Waals surface area contributed by atoms with E-state index < -0.39 is 0 Å². The van der Waals surface area contributed by atoms with Gasteiger partial charge in [0.1, 0.15) is 11.0 Å². The number of aromatic nitrogens is 2. The zero-order chi connectivity index (χ0) is 17.1. The van der Waals surface area contributed by atoms with Crippen LogP contribution in [0.1, 0.15) is 15.9 Å². The normalized spacial score (nSPS) is 15.4. The predicted octanol–water partition coefficient (Wildman–Crippen LogP) is 2.78. The zero-order valence-corrected chi connectivity index (χ0v) is 14.5. The van der Waals surface area contributed by atoms with Crippen LogP contribution in [0.4, 0.5) is 5.69 Å². The van der Waals surface area contributed by atoms with E-state index in [1.165, 1.54) is 5.56 Å². The van der Waals surface area contributed by atoms with Gasteiger partial charge in [0.05, 0.1) is 24.9 Å². The van der Waals surface area contributed by atoms with E-state index in [1.54, 1.807) is 12.1 Å². The lowest BCUT2D eigenvalue weighted by molar-refractivity contribution is 0.0342. The molecule has 1 saturated heterocycles. The standard InChI is InChI=1S/C18H18N4O2S/c23-18(14-3-6-16-17(11-14)21-25-20-16)19-15-4-1-13(2-5-15)12-22-7-9-24-10-8-22/h1-6,11H,7-10,12H2,(H,19,23). The molecule has 25 heavy (non-hydrogen) atoms. The molecule has 2 heterocycles. The lowest BCUT2D eigenvalue weighted by Crippen LogP contribution is -2.35. The van der Waals surface area contributed by atoms with Gasteiger partial charge in [-0.2, -0.15) is 8.75 Å². The molecule has 128 valence electrons. The maximum atomic E-state index is 12.4. The fraction of sp³-hybridized carbons (Fsp3) is 0.278. The predicted molar refractivity (Wildman–Crippen MR) is 97.9 cm³/mol. The van der Waals surface area contributed by atoms with Gasteiger partial charge in [-0.25, -0.2) is 0 Å². The molecule has 0 aliphatic carbocycles. The van der Waals surface area contributed by atoms with Crippen molar-refractivity contribution in [3.8, 4) is 0 Å². The maximum Gasteiger partial charge on any atom is 0.255 e. The van der Waals surface area contributed by atoms with Crippen molar-refractivity contribution in [2.45, 2.75) is 6.54 Å². The van der Waals surface area contributed by atoms with E-state index in [1.807, 2.05) is 18.2 Å². The van der Waals surface area contributed by atoms with Gasteiger partial charge in [-0.1, -0.05) is 12.1 Å². The summed E-state index contributed by atoms with van der Waals surface area (Å²) in [5, 5.41) is 2.93. The Balaban J connectivity index is 1.40. The second-order valence-electron chi connectivity index (χ2n) is 6.01. The molecule has 2 aromatic carbocycles. The first-order chi connectivity index (χ1) is 12.3. The van der Waals surface area contributed by atoms with Crippen LogP contribution in [-0.4, -0.2) is 45.9 Å². The Morgan fingerprint density at radius 3 is 2.64 bits per heavy atom. The fourth-order valence-electron chi connectivity index (χ4n) is 2.84. The molecule has 7 heteroatoms. The Kier molecular flexibility index (Phi) is 4.69. The van der Waals surface area contributed by atoms with Crippen LogP contribution in [0.3, 0.4) is 0 Å². The molecular formula is C18H18N4O2S. The molecule has 1 aromatic heterocycles. The maximum absolute atomic E-state index is 12.4. The van der Waals surface area contributed by atoms with E-state index in [-0.39, 0.29) is 5.91 Å². The van der Waals surface area contributed by atoms with Crippen LogP contribution < -0.4 is 5.32 Å². The first-order valence-electron chi connectivity index (χ1n) is 8.21. The number of ether oxygens (including phenoxy) is 1. The van der Waals surface area contributed by atoms with Crippen molar-refractivity contribution in [1.29, 1.82) is 0 Å². The van der Waals surface area contributed by atoms with Crippen LogP contribution in [-0.2, 0) is 11.3 Å². The number of anilines is 1. The quantitative estimate of drug-likeness (QED) is 0.780. The average molecular weight is 354 g/mol. The number of amides is 1. The Morgan fingerprint density at radius 2 is 1.84 bits per heavy atom. The number of nitrogens with one attached hydrogen (secondary N) is 1. The Bertz CT molecular complexity index is 872. The first kappa shape index (κ1) is 16.1. The largest absolute Gasteiger partial charge is 0.379 e. The minimum Gasteiger partial charge on any atom is -0.379 e. The van der Waals surface area contributed by atoms with Crippen LogP contribution in [0.2, 0.25) is 0 Å². The topological polar surface area (TPSA) is 67.4 Å². The summed E-state index contributed by atoms with van der Waals surface area (Å²) in [4.78, 5) is 14.8. The molecule has 1 N–H and O–H groups in total. The van der Waals surface area contributed by atoms with Crippen LogP contribution in [0.25, 0.3) is 11.0 Å². The number of carbonyl (C=O) groups excluding carboxylic acids is 1. The van der Waals surface area contributed by atoms with Crippen LogP contribution >= 0.6 is 11.7 Å². The van der Waals surface area contributed by atoms with Gasteiger partial charge in [0.2, 0.25) is 0 Å². The number of fused-ring (bicyclic) bond motifs is 1. The van der Waals surface area contributed by atoms with Crippen LogP contribution in [0.15, 0.2) is 42.5 Å². The molecule has 1 amide bonds. The minimum absolute atomic E-state index is 0.143. The summed E-state index contributed by atoms with van der Waals surface area (Å²) in [5.41, 5.74) is 4.16. The molecule has 0 radical (unpaired) electrons. The van der Waals surface area contributed by atoms with Crippen molar-refractivity contribution in [3.05, 3.63) is 53.6 Å². The molecule has 0 spiro atoms. The summed E-state index contributed by atoms with van der Waals surface area (Å²) in [5.74, 6) is -0.143. The molecule has 1 aliphatic heterocycles. The highest BCUT2D eigenvalue weighted by Crippen LogP contribution is 2.16. The molecule has 6 nitrogen and oxygen atoms in total. The number of hydrogen-bond acceptors (Lipinski definition) is 6. The highest BCUT2D eigenvalue weighted by atomic mass is 32.1. The van der Waals surface area contributed by atoms with Gasteiger partial charge in [0.25, 0.3) is 5.91 Å². The van der Waals surface area contributed by atoms with Gasteiger partial charge in [-0.05, 0) is 35.9 Å². The second-order valence-corrected chi connectivity index (χ2v) is 6.54. The lowest BCUT2D eigenvalue weighted by atomic mass is 10.1. The SMILES string of the molecule is O=C(Nc1ccc(CN2CCOCC2)cc1)c1ccc2nsnc2c1. The summed E-state index contributed by atoms with van der Waals surface area (Å²) in [6, 6.07) is 13.3. The van der Waals surface area contributed by atoms with E-state index in [0.717, 1.165) is 61.3 Å². The zero-order valence-electron chi connectivity index (χ0n) is 13.6. The number of benzene rings is 2. The van der Waals surface area contributed by atoms with E-state index in [4.69, 9.17) is 4.74 Å². The number of rotatable bonds is 4. The van der Waals surface area contributed by atoms with Crippen molar-refractivity contribution >= 4 is 34.4 Å². The van der Waals surface area contributed by atoms with Gasteiger partial charge < -0.3 is 10.1 Å². The molecule has 0 unspecified atom stereocenters. The summed E-state index contributed by atoms with van der Waals surface area (Å²) in [6.07, 6.45) is 0. The van der Waals surface area contributed by atoms with E-state index >= 15 is 0 Å². The van der Waals surface area contributed by atoms with Crippen molar-refractivity contribution in [1.82, 2.24) is 13.6 Å². The summed E-state index contributed by atoms with van der Waals surface area (Å²) < 4.78 is 13.7. The summed E-state index contributed by atoms with van der Waals surface area (Å²) in [7, 11) is 0. The van der Waals surface area contributed by atoms with Crippen molar-refractivity contribution in [2.75, 3.05) is 31.6 Å². The summed E-state index contributed by atoms with van der Waals surface area (Å²) >= 11 is 1.15. The summed E-state index contributed by atoms with van der Waals surface area (Å²) in [6.45, 7) is 4.43. The van der Waals surface area contributed by atoms with Gasteiger partial charge >= 0.3 is 0 Å². The minimum atomic E-state index is -0.143. The van der Waals surface area contributed by atoms with Gasteiger partial charge in [-0.15, -0.1) is 0 Å². The fourth-order valence-corrected chi connectivity index (χ4v) is 3.35. The molecule has 4 rings (SSSR count). The van der Waals surface area contributed by atoms with Crippen molar-refractivity contribution in [3.63, 3.8) is 0 Å². The van der Waals surface area contributed by atoms with Gasteiger partial charge in [0, 0.05) is 30.9 Å². The molecule has 0 saturated carbocycles. The Morgan fingerprint density at radius 1 is 1.08 bits per heavy atom. The van der Waals surface area contributed by atoms with Gasteiger partial charge in [0.15, 0.2) is 0 Å². The molecular weight excluding hydrogens is 336 g/mol. The van der Waals surface area contributed by atoms with Crippen LogP contribution in [0.5, 0.6) is 0 Å². The lowest BCUT2D eigenvalue weighted by Gasteiger charge is -2.26. The van der Waals surface area contributed by atoms with E-state index in [2.05, 4.69) is 31.1 Å². The average Bonchev–Trinajstić information content (AvgIpc) is 3.12. The van der Waals surface area contributed by atoms with E-state index in [9.17, 15) is 4.79 Å². The van der Waals surface area contributed by atoms with Crippen molar-refractivity contribution in [2.24, 2.45) is 0 Å². The Hall–Kier alpha value is -2.35. The molecule has 0 atom stereocenters. The highest BCUT2D eigenvalue weighted by molar-refractivity contribution is 7.00. The number of carbonyl (C=O) groups is 1. The third-order valence-corrected chi connectivity index (χ3v) is 4.79. The first-order valence-corrected chi connectivity index (χ1v) is 8.94. The highest BCUT2D eigenvalue weighted by Gasteiger charge is 2.11. The number of hydrogen-bond donors (Lipinski definition) is 1.